The third kappa shape index (κ3) is 3.52. The fourth-order valence-electron chi connectivity index (χ4n) is 1.01. The minimum absolute atomic E-state index is 0.0597. The van der Waals surface area contributed by atoms with Crippen LogP contribution in [0.3, 0.4) is 0 Å². The molecule has 0 aromatic heterocycles. The van der Waals surface area contributed by atoms with E-state index < -0.39 is 23.2 Å². The Hall–Kier alpha value is -1.08. The van der Waals surface area contributed by atoms with Gasteiger partial charge < -0.3 is 9.29 Å². The molecular formula is C8H7F3O3S. The molecule has 0 saturated heterocycles. The molecule has 0 bridgehead atoms. The van der Waals surface area contributed by atoms with Crippen LogP contribution in [-0.2, 0) is 11.1 Å². The van der Waals surface area contributed by atoms with Crippen molar-refractivity contribution in [3.8, 4) is 5.75 Å². The van der Waals surface area contributed by atoms with Crippen LogP contribution in [0.25, 0.3) is 0 Å². The summed E-state index contributed by atoms with van der Waals surface area (Å²) < 4.78 is 58.4. The highest BCUT2D eigenvalue weighted by Gasteiger charge is 2.31. The van der Waals surface area contributed by atoms with E-state index in [2.05, 4.69) is 4.74 Å². The monoisotopic (exact) mass is 240 g/mol. The Morgan fingerprint density at radius 1 is 1.40 bits per heavy atom. The second kappa shape index (κ2) is 4.19. The number of benzene rings is 1. The zero-order valence-corrected chi connectivity index (χ0v) is 8.35. The van der Waals surface area contributed by atoms with Crippen LogP contribution in [0.2, 0.25) is 0 Å². The van der Waals surface area contributed by atoms with Crippen molar-refractivity contribution in [3.63, 3.8) is 0 Å². The summed E-state index contributed by atoms with van der Waals surface area (Å²) in [5.74, 6) is -0.408. The molecule has 84 valence electrons. The van der Waals surface area contributed by atoms with Crippen molar-refractivity contribution in [1.29, 1.82) is 0 Å². The van der Waals surface area contributed by atoms with E-state index in [-0.39, 0.29) is 10.5 Å². The van der Waals surface area contributed by atoms with Crippen LogP contribution in [0.1, 0.15) is 5.56 Å². The van der Waals surface area contributed by atoms with E-state index in [1.54, 1.807) is 0 Å². The lowest BCUT2D eigenvalue weighted by molar-refractivity contribution is -0.274. The summed E-state index contributed by atoms with van der Waals surface area (Å²) in [5, 5.41) is 0. The van der Waals surface area contributed by atoms with Crippen LogP contribution in [0.4, 0.5) is 13.2 Å². The molecule has 7 heteroatoms. The van der Waals surface area contributed by atoms with Crippen molar-refractivity contribution >= 4 is 11.1 Å². The average molecular weight is 240 g/mol. The lowest BCUT2D eigenvalue weighted by atomic mass is 10.2. The van der Waals surface area contributed by atoms with Crippen molar-refractivity contribution in [1.82, 2.24) is 0 Å². The maximum Gasteiger partial charge on any atom is 0.573 e. The van der Waals surface area contributed by atoms with Gasteiger partial charge in [-0.05, 0) is 30.7 Å². The van der Waals surface area contributed by atoms with E-state index in [9.17, 15) is 17.4 Å². The Morgan fingerprint density at radius 3 is 2.40 bits per heavy atom. The van der Waals surface area contributed by atoms with E-state index in [1.807, 2.05) is 0 Å². The standard InChI is InChI=1S/C8H7F3O3S/c1-5-4-6(14-8(9,10)11)2-3-7(5)15(12)13/h2-4H,1H3,(H,12,13). The predicted octanol–water partition coefficient (Wildman–Crippen LogP) is 2.47. The zero-order valence-electron chi connectivity index (χ0n) is 7.54. The SMILES string of the molecule is Cc1cc(OC(F)(F)F)ccc1S(=O)O. The molecule has 0 radical (unpaired) electrons. The summed E-state index contributed by atoms with van der Waals surface area (Å²) in [7, 11) is 0. The Kier molecular flexibility index (Phi) is 3.35. The molecule has 1 aromatic rings. The summed E-state index contributed by atoms with van der Waals surface area (Å²) in [4.78, 5) is 0.0597. The highest BCUT2D eigenvalue weighted by molar-refractivity contribution is 7.79. The number of rotatable bonds is 2. The number of alkyl halides is 3. The summed E-state index contributed by atoms with van der Waals surface area (Å²) in [6.45, 7) is 1.42. The molecule has 0 aliphatic carbocycles. The van der Waals surface area contributed by atoms with E-state index in [0.29, 0.717) is 0 Å². The first kappa shape index (κ1) is 12.0. The summed E-state index contributed by atoms with van der Waals surface area (Å²) >= 11 is -2.21. The van der Waals surface area contributed by atoms with Crippen molar-refractivity contribution in [2.24, 2.45) is 0 Å². The second-order valence-electron chi connectivity index (χ2n) is 2.72. The molecule has 0 heterocycles. The van der Waals surface area contributed by atoms with Gasteiger partial charge in [-0.1, -0.05) is 0 Å². The number of halogens is 3. The van der Waals surface area contributed by atoms with E-state index in [1.165, 1.54) is 6.92 Å². The number of ether oxygens (including phenoxy) is 1. The van der Waals surface area contributed by atoms with Crippen LogP contribution in [0.15, 0.2) is 23.1 Å². The highest BCUT2D eigenvalue weighted by atomic mass is 32.2. The Bertz CT molecular complexity index is 389. The van der Waals surface area contributed by atoms with Gasteiger partial charge in [0, 0.05) is 0 Å². The molecule has 0 saturated carbocycles. The van der Waals surface area contributed by atoms with Crippen LogP contribution in [-0.4, -0.2) is 15.1 Å². The van der Waals surface area contributed by atoms with E-state index in [0.717, 1.165) is 18.2 Å². The summed E-state index contributed by atoms with van der Waals surface area (Å²) in [6, 6.07) is 3.16. The van der Waals surface area contributed by atoms with Crippen molar-refractivity contribution in [3.05, 3.63) is 23.8 Å². The van der Waals surface area contributed by atoms with Gasteiger partial charge in [0.25, 0.3) is 0 Å². The van der Waals surface area contributed by atoms with Gasteiger partial charge in [-0.3, -0.25) is 0 Å². The topological polar surface area (TPSA) is 46.5 Å². The largest absolute Gasteiger partial charge is 0.573 e. The molecule has 0 aliphatic rings. The lowest BCUT2D eigenvalue weighted by Gasteiger charge is -2.10. The fraction of sp³-hybridized carbons (Fsp3) is 0.250. The van der Waals surface area contributed by atoms with E-state index >= 15 is 0 Å². The first-order valence-corrected chi connectivity index (χ1v) is 4.87. The number of hydrogen-bond donors (Lipinski definition) is 1. The summed E-state index contributed by atoms with van der Waals surface area (Å²) in [5.41, 5.74) is 0.262. The quantitative estimate of drug-likeness (QED) is 0.808. The lowest BCUT2D eigenvalue weighted by Crippen LogP contribution is -2.17. The van der Waals surface area contributed by atoms with Crippen LogP contribution < -0.4 is 4.74 Å². The van der Waals surface area contributed by atoms with Gasteiger partial charge in [-0.25, -0.2) is 4.21 Å². The van der Waals surface area contributed by atoms with Crippen molar-refractivity contribution in [2.45, 2.75) is 18.2 Å². The van der Waals surface area contributed by atoms with Gasteiger partial charge in [0.05, 0.1) is 4.90 Å². The third-order valence-electron chi connectivity index (χ3n) is 1.57. The van der Waals surface area contributed by atoms with Gasteiger partial charge in [0.15, 0.2) is 11.1 Å². The predicted molar refractivity (Wildman–Crippen MR) is 46.9 cm³/mol. The molecule has 15 heavy (non-hydrogen) atoms. The second-order valence-corrected chi connectivity index (χ2v) is 3.66. The fourth-order valence-corrected chi connectivity index (χ4v) is 1.53. The van der Waals surface area contributed by atoms with Crippen molar-refractivity contribution < 1.29 is 26.7 Å². The molecule has 1 unspecified atom stereocenters. The molecular weight excluding hydrogens is 233 g/mol. The van der Waals surface area contributed by atoms with Gasteiger partial charge >= 0.3 is 6.36 Å². The average Bonchev–Trinajstić information content (AvgIpc) is 1.99. The minimum Gasteiger partial charge on any atom is -0.406 e. The third-order valence-corrected chi connectivity index (χ3v) is 2.40. The Labute approximate surface area is 86.1 Å². The van der Waals surface area contributed by atoms with E-state index in [4.69, 9.17) is 4.55 Å². The highest BCUT2D eigenvalue weighted by Crippen LogP contribution is 2.25. The first-order valence-electron chi connectivity index (χ1n) is 3.77. The molecule has 0 fully saturated rings. The normalized spacial score (nSPS) is 13.7. The van der Waals surface area contributed by atoms with Crippen molar-refractivity contribution in [2.75, 3.05) is 0 Å². The zero-order chi connectivity index (χ0) is 11.6. The molecule has 1 aromatic carbocycles. The molecule has 1 N–H and O–H groups in total. The van der Waals surface area contributed by atoms with Crippen LogP contribution in [0, 0.1) is 6.92 Å². The minimum atomic E-state index is -4.76. The maximum atomic E-state index is 11.8. The molecule has 0 spiro atoms. The smallest absolute Gasteiger partial charge is 0.406 e. The molecule has 1 atom stereocenters. The molecule has 0 amide bonds. The Morgan fingerprint density at radius 2 is 2.00 bits per heavy atom. The molecule has 1 rings (SSSR count). The van der Waals surface area contributed by atoms with Gasteiger partial charge in [-0.2, -0.15) is 0 Å². The Balaban J connectivity index is 2.97. The molecule has 0 aliphatic heterocycles. The van der Waals surface area contributed by atoms with Gasteiger partial charge in [0.2, 0.25) is 0 Å². The van der Waals surface area contributed by atoms with Gasteiger partial charge in [-0.15, -0.1) is 13.2 Å². The maximum absolute atomic E-state index is 11.8. The van der Waals surface area contributed by atoms with Gasteiger partial charge in [0.1, 0.15) is 5.75 Å². The van der Waals surface area contributed by atoms with Crippen LogP contribution >= 0.6 is 0 Å². The first-order chi connectivity index (χ1) is 6.79. The number of hydrogen-bond acceptors (Lipinski definition) is 2. The molecule has 3 nitrogen and oxygen atoms in total. The summed E-state index contributed by atoms with van der Waals surface area (Å²) in [6.07, 6.45) is -4.76. The number of aryl methyl sites for hydroxylation is 1. The van der Waals surface area contributed by atoms with Crippen LogP contribution in [0.5, 0.6) is 5.75 Å².